The van der Waals surface area contributed by atoms with Gasteiger partial charge < -0.3 is 14.9 Å². The maximum absolute atomic E-state index is 11.1. The predicted molar refractivity (Wildman–Crippen MR) is 93.3 cm³/mol. The zero-order valence-electron chi connectivity index (χ0n) is 14.5. The Bertz CT molecular complexity index is 824. The lowest BCUT2D eigenvalue weighted by Crippen LogP contribution is -2.20. The number of hydrogen-bond donors (Lipinski definition) is 3. The zero-order valence-corrected chi connectivity index (χ0v) is 15.3. The lowest BCUT2D eigenvalue weighted by molar-refractivity contribution is 0.0714. The summed E-state index contributed by atoms with van der Waals surface area (Å²) in [6, 6.07) is 10.3. The van der Waals surface area contributed by atoms with Gasteiger partial charge >= 0.3 is 0 Å². The Morgan fingerprint density at radius 2 is 1.24 bits per heavy atom. The van der Waals surface area contributed by atoms with Crippen molar-refractivity contribution in [3.63, 3.8) is 0 Å². The highest BCUT2D eigenvalue weighted by Gasteiger charge is 2.23. The average molecular weight is 366 g/mol. The molecule has 2 aromatic rings. The Kier molecular flexibility index (Phi) is 4.98. The Morgan fingerprint density at radius 1 is 0.800 bits per heavy atom. The average Bonchev–Trinajstić information content (AvgIpc) is 2.44. The Labute approximate surface area is 147 Å². The molecule has 0 aliphatic heterocycles. The zero-order chi connectivity index (χ0) is 19.0. The fraction of sp³-hybridized carbons (Fsp3) is 0.333. The number of ether oxygens (including phenoxy) is 1. The second-order valence-electron chi connectivity index (χ2n) is 6.91. The fourth-order valence-corrected chi connectivity index (χ4v) is 2.66. The van der Waals surface area contributed by atoms with Gasteiger partial charge in [0.25, 0.3) is 10.1 Å². The summed E-state index contributed by atoms with van der Waals surface area (Å²) in [7, 11) is -4.27. The molecule has 0 fully saturated rings. The summed E-state index contributed by atoms with van der Waals surface area (Å²) in [5.41, 5.74) is -1.13. The van der Waals surface area contributed by atoms with Crippen LogP contribution in [0.1, 0.15) is 38.8 Å². The summed E-state index contributed by atoms with van der Waals surface area (Å²) < 4.78 is 36.9. The lowest BCUT2D eigenvalue weighted by Gasteiger charge is -2.24. The molecule has 0 radical (unpaired) electrons. The Balaban J connectivity index is 2.42. The van der Waals surface area contributed by atoms with Gasteiger partial charge in [-0.3, -0.25) is 4.55 Å². The molecule has 2 rings (SSSR count). The van der Waals surface area contributed by atoms with E-state index in [-0.39, 0.29) is 4.90 Å². The number of benzene rings is 2. The second kappa shape index (κ2) is 6.42. The third-order valence-corrected chi connectivity index (χ3v) is 4.54. The summed E-state index contributed by atoms with van der Waals surface area (Å²) in [5.74, 6) is 0.735. The quantitative estimate of drug-likeness (QED) is 0.702. The third kappa shape index (κ3) is 5.02. The fourth-order valence-electron chi connectivity index (χ4n) is 2.18. The molecule has 7 heteroatoms. The van der Waals surface area contributed by atoms with Gasteiger partial charge in [0.2, 0.25) is 0 Å². The summed E-state index contributed by atoms with van der Waals surface area (Å²) in [4.78, 5) is -0.234. The van der Waals surface area contributed by atoms with Gasteiger partial charge in [-0.15, -0.1) is 0 Å². The molecule has 0 heterocycles. The van der Waals surface area contributed by atoms with Gasteiger partial charge in [-0.25, -0.2) is 0 Å². The summed E-state index contributed by atoms with van der Waals surface area (Å²) >= 11 is 0. The second-order valence-corrected chi connectivity index (χ2v) is 8.33. The first-order valence-corrected chi connectivity index (χ1v) is 9.07. The van der Waals surface area contributed by atoms with E-state index >= 15 is 0 Å². The molecule has 0 atom stereocenters. The molecule has 0 saturated heterocycles. The van der Waals surface area contributed by atoms with Gasteiger partial charge in [-0.1, -0.05) is 0 Å². The minimum absolute atomic E-state index is 0.234. The molecule has 0 amide bonds. The molecular weight excluding hydrogens is 344 g/mol. The van der Waals surface area contributed by atoms with Crippen LogP contribution in [0, 0.1) is 0 Å². The molecule has 0 aliphatic rings. The summed E-state index contributed by atoms with van der Waals surface area (Å²) in [6.07, 6.45) is 0. The smallest absolute Gasteiger partial charge is 0.294 e. The third-order valence-electron chi connectivity index (χ3n) is 3.68. The van der Waals surface area contributed by atoms with Crippen LogP contribution in [0.5, 0.6) is 11.5 Å². The van der Waals surface area contributed by atoms with Crippen molar-refractivity contribution in [2.75, 3.05) is 0 Å². The van der Waals surface area contributed by atoms with Crippen molar-refractivity contribution in [3.8, 4) is 11.5 Å². The highest BCUT2D eigenvalue weighted by molar-refractivity contribution is 7.85. The first kappa shape index (κ1) is 19.4. The van der Waals surface area contributed by atoms with Gasteiger partial charge in [0.05, 0.1) is 16.1 Å². The Morgan fingerprint density at radius 3 is 1.60 bits per heavy atom. The van der Waals surface area contributed by atoms with Crippen LogP contribution in [0.2, 0.25) is 0 Å². The van der Waals surface area contributed by atoms with E-state index in [1.807, 2.05) is 0 Å². The molecule has 0 spiro atoms. The lowest BCUT2D eigenvalue weighted by atomic mass is 9.90. The first-order valence-electron chi connectivity index (χ1n) is 7.63. The molecule has 0 saturated carbocycles. The van der Waals surface area contributed by atoms with E-state index in [2.05, 4.69) is 0 Å². The van der Waals surface area contributed by atoms with E-state index in [1.54, 1.807) is 45.9 Å². The van der Waals surface area contributed by atoms with Crippen molar-refractivity contribution in [1.29, 1.82) is 0 Å². The van der Waals surface area contributed by atoms with Gasteiger partial charge in [0.15, 0.2) is 0 Å². The van der Waals surface area contributed by atoms with Crippen molar-refractivity contribution in [1.82, 2.24) is 0 Å². The molecule has 6 nitrogen and oxygen atoms in total. The monoisotopic (exact) mass is 366 g/mol. The normalized spacial score (nSPS) is 12.9. The largest absolute Gasteiger partial charge is 0.457 e. The van der Waals surface area contributed by atoms with Crippen LogP contribution in [0.3, 0.4) is 0 Å². The molecule has 0 aromatic heterocycles. The molecule has 0 aliphatic carbocycles. The number of aliphatic hydroxyl groups is 2. The minimum Gasteiger partial charge on any atom is -0.457 e. The molecule has 25 heavy (non-hydrogen) atoms. The van der Waals surface area contributed by atoms with Crippen LogP contribution in [0.4, 0.5) is 0 Å². The van der Waals surface area contributed by atoms with E-state index in [1.165, 1.54) is 24.3 Å². The summed E-state index contributed by atoms with van der Waals surface area (Å²) in [5, 5.41) is 20.5. The number of hydrogen-bond acceptors (Lipinski definition) is 5. The van der Waals surface area contributed by atoms with E-state index < -0.39 is 21.3 Å². The molecule has 0 bridgehead atoms. The topological polar surface area (TPSA) is 104 Å². The maximum Gasteiger partial charge on any atom is 0.294 e. The van der Waals surface area contributed by atoms with Crippen LogP contribution in [-0.4, -0.2) is 23.2 Å². The maximum atomic E-state index is 11.1. The number of rotatable bonds is 5. The van der Waals surface area contributed by atoms with E-state index in [0.717, 1.165) is 0 Å². The van der Waals surface area contributed by atoms with E-state index in [0.29, 0.717) is 22.6 Å². The van der Waals surface area contributed by atoms with Gasteiger partial charge in [0.1, 0.15) is 11.5 Å². The molecule has 136 valence electrons. The molecular formula is C18H22O6S. The van der Waals surface area contributed by atoms with Crippen molar-refractivity contribution < 1.29 is 27.9 Å². The van der Waals surface area contributed by atoms with Crippen LogP contribution in [-0.2, 0) is 21.3 Å². The summed E-state index contributed by atoms with van der Waals surface area (Å²) in [6.45, 7) is 6.50. The van der Waals surface area contributed by atoms with Crippen molar-refractivity contribution in [3.05, 3.63) is 53.6 Å². The van der Waals surface area contributed by atoms with Crippen molar-refractivity contribution in [2.24, 2.45) is 0 Å². The molecule has 3 N–H and O–H groups in total. The highest BCUT2D eigenvalue weighted by atomic mass is 32.2. The highest BCUT2D eigenvalue weighted by Crippen LogP contribution is 2.33. The van der Waals surface area contributed by atoms with Crippen LogP contribution < -0.4 is 4.74 Å². The molecule has 2 aromatic carbocycles. The Hall–Kier alpha value is -1.93. The predicted octanol–water partition coefficient (Wildman–Crippen LogP) is 3.18. The van der Waals surface area contributed by atoms with E-state index in [4.69, 9.17) is 9.29 Å². The standard InChI is InChI=1S/C18H22O6S/c1-17(2,19)12-9-13(18(3,4)20)11-15(10-12)24-14-5-7-16(8-6-14)25(21,22)23/h5-11,19-20H,1-4H3,(H,21,22,23). The van der Waals surface area contributed by atoms with Gasteiger partial charge in [-0.2, -0.15) is 8.42 Å². The first-order chi connectivity index (χ1) is 11.3. The minimum atomic E-state index is -4.27. The van der Waals surface area contributed by atoms with Gasteiger partial charge in [-0.05, 0) is 81.3 Å². The van der Waals surface area contributed by atoms with Crippen LogP contribution in [0.25, 0.3) is 0 Å². The van der Waals surface area contributed by atoms with E-state index in [9.17, 15) is 18.6 Å². The van der Waals surface area contributed by atoms with Crippen LogP contribution in [0.15, 0.2) is 47.4 Å². The SMILES string of the molecule is CC(C)(O)c1cc(Oc2ccc(S(=O)(=O)O)cc2)cc(C(C)(C)O)c1. The van der Waals surface area contributed by atoms with Crippen molar-refractivity contribution in [2.45, 2.75) is 43.8 Å². The van der Waals surface area contributed by atoms with Gasteiger partial charge in [0, 0.05) is 0 Å². The molecule has 0 unspecified atom stereocenters. The van der Waals surface area contributed by atoms with Crippen molar-refractivity contribution >= 4 is 10.1 Å². The van der Waals surface area contributed by atoms with Crippen LogP contribution >= 0.6 is 0 Å².